The SMILES string of the molecule is CCC(=O)N1c2ccccc2[C@@](C)(c2ccccc2)CC1(C)C. The highest BCUT2D eigenvalue weighted by Gasteiger charge is 2.47. The first kappa shape index (κ1) is 15.8. The molecule has 0 unspecified atom stereocenters. The van der Waals surface area contributed by atoms with Gasteiger partial charge in [0.05, 0.1) is 0 Å². The van der Waals surface area contributed by atoms with Crippen molar-refractivity contribution in [2.45, 2.75) is 51.5 Å². The molecule has 0 spiro atoms. The third kappa shape index (κ3) is 2.46. The number of hydrogen-bond acceptors (Lipinski definition) is 1. The molecule has 0 N–H and O–H groups in total. The molecule has 0 bridgehead atoms. The number of hydrogen-bond donors (Lipinski definition) is 0. The minimum absolute atomic E-state index is 0.0914. The average Bonchev–Trinajstić information content (AvgIpc) is 2.54. The van der Waals surface area contributed by atoms with Crippen LogP contribution in [0.2, 0.25) is 0 Å². The molecule has 23 heavy (non-hydrogen) atoms. The monoisotopic (exact) mass is 307 g/mol. The average molecular weight is 307 g/mol. The first-order valence-electron chi connectivity index (χ1n) is 8.38. The van der Waals surface area contributed by atoms with Gasteiger partial charge in [-0.1, -0.05) is 62.4 Å². The first-order valence-corrected chi connectivity index (χ1v) is 8.38. The Hall–Kier alpha value is -2.09. The molecular weight excluding hydrogens is 282 g/mol. The molecule has 0 aromatic heterocycles. The Balaban J connectivity index is 2.24. The van der Waals surface area contributed by atoms with E-state index in [1.807, 2.05) is 17.9 Å². The third-order valence-electron chi connectivity index (χ3n) is 5.09. The van der Waals surface area contributed by atoms with Crippen molar-refractivity contribution in [1.29, 1.82) is 0 Å². The molecule has 1 amide bonds. The molecule has 1 heterocycles. The molecule has 1 aliphatic rings. The Morgan fingerprint density at radius 2 is 1.61 bits per heavy atom. The van der Waals surface area contributed by atoms with Crippen molar-refractivity contribution < 1.29 is 4.79 Å². The van der Waals surface area contributed by atoms with Crippen molar-refractivity contribution in [2.24, 2.45) is 0 Å². The summed E-state index contributed by atoms with van der Waals surface area (Å²) in [5, 5.41) is 0. The lowest BCUT2D eigenvalue weighted by atomic mass is 9.65. The number of rotatable bonds is 2. The summed E-state index contributed by atoms with van der Waals surface area (Å²) in [4.78, 5) is 14.6. The highest BCUT2D eigenvalue weighted by atomic mass is 16.2. The van der Waals surface area contributed by atoms with Gasteiger partial charge in [-0.05, 0) is 37.5 Å². The molecule has 2 aromatic carbocycles. The molecular formula is C21H25NO. The summed E-state index contributed by atoms with van der Waals surface area (Å²) in [6.07, 6.45) is 1.44. The van der Waals surface area contributed by atoms with Gasteiger partial charge < -0.3 is 4.90 Å². The number of anilines is 1. The van der Waals surface area contributed by atoms with Crippen LogP contribution in [0, 0.1) is 0 Å². The van der Waals surface area contributed by atoms with Gasteiger partial charge in [-0.25, -0.2) is 0 Å². The largest absolute Gasteiger partial charge is 0.307 e. The van der Waals surface area contributed by atoms with E-state index < -0.39 is 0 Å². The Bertz CT molecular complexity index is 720. The fourth-order valence-corrected chi connectivity index (χ4v) is 4.19. The molecule has 0 saturated carbocycles. The van der Waals surface area contributed by atoms with E-state index in [4.69, 9.17) is 0 Å². The van der Waals surface area contributed by atoms with Crippen LogP contribution >= 0.6 is 0 Å². The molecule has 0 fully saturated rings. The van der Waals surface area contributed by atoms with Crippen molar-refractivity contribution in [3.8, 4) is 0 Å². The third-order valence-corrected chi connectivity index (χ3v) is 5.09. The number of carbonyl (C=O) groups excluding carboxylic acids is 1. The maximum absolute atomic E-state index is 12.6. The molecule has 3 rings (SSSR count). The Labute approximate surface area is 139 Å². The summed E-state index contributed by atoms with van der Waals surface area (Å²) in [6.45, 7) is 8.60. The highest BCUT2D eigenvalue weighted by Crippen LogP contribution is 2.50. The molecule has 0 radical (unpaired) electrons. The van der Waals surface area contributed by atoms with Crippen LogP contribution in [0.4, 0.5) is 5.69 Å². The highest BCUT2D eigenvalue weighted by molar-refractivity contribution is 5.96. The normalized spacial score (nSPS) is 22.5. The number of carbonyl (C=O) groups is 1. The number of benzene rings is 2. The van der Waals surface area contributed by atoms with Crippen molar-refractivity contribution in [3.05, 3.63) is 65.7 Å². The fraction of sp³-hybridized carbons (Fsp3) is 0.381. The molecule has 2 nitrogen and oxygen atoms in total. The second-order valence-corrected chi connectivity index (χ2v) is 7.29. The fourth-order valence-electron chi connectivity index (χ4n) is 4.19. The van der Waals surface area contributed by atoms with Crippen LogP contribution in [0.1, 0.15) is 51.7 Å². The van der Waals surface area contributed by atoms with Gasteiger partial charge in [-0.15, -0.1) is 0 Å². The van der Waals surface area contributed by atoms with Gasteiger partial charge in [0.2, 0.25) is 5.91 Å². The topological polar surface area (TPSA) is 20.3 Å². The van der Waals surface area contributed by atoms with Crippen molar-refractivity contribution >= 4 is 11.6 Å². The van der Waals surface area contributed by atoms with Gasteiger partial charge >= 0.3 is 0 Å². The van der Waals surface area contributed by atoms with E-state index in [0.717, 1.165) is 12.1 Å². The van der Waals surface area contributed by atoms with Gasteiger partial charge in [0, 0.05) is 23.1 Å². The van der Waals surface area contributed by atoms with Crippen LogP contribution in [0.15, 0.2) is 54.6 Å². The van der Waals surface area contributed by atoms with E-state index in [1.54, 1.807) is 0 Å². The van der Waals surface area contributed by atoms with E-state index in [-0.39, 0.29) is 16.9 Å². The molecule has 120 valence electrons. The molecule has 2 aromatic rings. The van der Waals surface area contributed by atoms with Gasteiger partial charge in [0.15, 0.2) is 0 Å². The van der Waals surface area contributed by atoms with Crippen LogP contribution in [-0.2, 0) is 10.2 Å². The molecule has 1 atom stereocenters. The van der Waals surface area contributed by atoms with E-state index in [9.17, 15) is 4.79 Å². The van der Waals surface area contributed by atoms with Gasteiger partial charge in [0.1, 0.15) is 0 Å². The van der Waals surface area contributed by atoms with Crippen LogP contribution in [0.3, 0.4) is 0 Å². The number of amides is 1. The molecule has 1 aliphatic heterocycles. The van der Waals surface area contributed by atoms with Crippen LogP contribution in [0.5, 0.6) is 0 Å². The van der Waals surface area contributed by atoms with Gasteiger partial charge in [0.25, 0.3) is 0 Å². The van der Waals surface area contributed by atoms with E-state index >= 15 is 0 Å². The van der Waals surface area contributed by atoms with Crippen LogP contribution < -0.4 is 4.90 Å². The second-order valence-electron chi connectivity index (χ2n) is 7.29. The molecule has 0 saturated heterocycles. The number of para-hydroxylation sites is 1. The van der Waals surface area contributed by atoms with Gasteiger partial charge in [-0.2, -0.15) is 0 Å². The summed E-state index contributed by atoms with van der Waals surface area (Å²) in [5.41, 5.74) is 3.30. The van der Waals surface area contributed by atoms with Crippen LogP contribution in [0.25, 0.3) is 0 Å². The smallest absolute Gasteiger partial charge is 0.227 e. The summed E-state index contributed by atoms with van der Waals surface area (Å²) in [6, 6.07) is 19.0. The lowest BCUT2D eigenvalue weighted by molar-refractivity contribution is -0.119. The second kappa shape index (κ2) is 5.52. The maximum Gasteiger partial charge on any atom is 0.227 e. The predicted molar refractivity (Wildman–Crippen MR) is 95.8 cm³/mol. The molecule has 0 aliphatic carbocycles. The Morgan fingerprint density at radius 1 is 1.00 bits per heavy atom. The lowest BCUT2D eigenvalue weighted by Gasteiger charge is -2.51. The summed E-state index contributed by atoms with van der Waals surface area (Å²) >= 11 is 0. The van der Waals surface area contributed by atoms with Crippen molar-refractivity contribution in [1.82, 2.24) is 0 Å². The quantitative estimate of drug-likeness (QED) is 0.771. The summed E-state index contributed by atoms with van der Waals surface area (Å²) in [7, 11) is 0. The predicted octanol–water partition coefficient (Wildman–Crippen LogP) is 4.92. The minimum Gasteiger partial charge on any atom is -0.307 e. The minimum atomic E-state index is -0.216. The lowest BCUT2D eigenvalue weighted by Crippen LogP contribution is -2.55. The summed E-state index contributed by atoms with van der Waals surface area (Å²) in [5.74, 6) is 0.192. The van der Waals surface area contributed by atoms with Gasteiger partial charge in [-0.3, -0.25) is 4.79 Å². The zero-order valence-corrected chi connectivity index (χ0v) is 14.5. The maximum atomic E-state index is 12.6. The molecule has 2 heteroatoms. The van der Waals surface area contributed by atoms with Crippen molar-refractivity contribution in [3.63, 3.8) is 0 Å². The Kier molecular flexibility index (Phi) is 3.79. The number of nitrogens with zero attached hydrogens (tertiary/aromatic N) is 1. The summed E-state index contributed by atoms with van der Waals surface area (Å²) < 4.78 is 0. The van der Waals surface area contributed by atoms with Crippen molar-refractivity contribution in [2.75, 3.05) is 4.90 Å². The van der Waals surface area contributed by atoms with E-state index in [1.165, 1.54) is 11.1 Å². The Morgan fingerprint density at radius 3 is 2.26 bits per heavy atom. The zero-order valence-electron chi connectivity index (χ0n) is 14.5. The van der Waals surface area contributed by atoms with E-state index in [0.29, 0.717) is 6.42 Å². The van der Waals surface area contributed by atoms with Crippen LogP contribution in [-0.4, -0.2) is 11.4 Å². The zero-order chi connectivity index (χ0) is 16.7. The number of fused-ring (bicyclic) bond motifs is 1. The first-order chi connectivity index (χ1) is 10.9. The standard InChI is InChI=1S/C21H25NO/c1-5-19(23)22-18-14-10-9-13-17(18)21(4,15-20(22,2)3)16-11-7-6-8-12-16/h6-14H,5,15H2,1-4H3/t21-/m1/s1. The van der Waals surface area contributed by atoms with E-state index in [2.05, 4.69) is 69.3 Å².